The Morgan fingerprint density at radius 3 is 1.25 bits per heavy atom. The van der Waals surface area contributed by atoms with Gasteiger partial charge in [0.1, 0.15) is 0 Å². The molecule has 4 bridgehead atoms. The molecule has 0 spiro atoms. The molecule has 2 heteroatoms. The minimum Gasteiger partial charge on any atom is -0.381 e. The molecular formula is C42H50N2. The molecule has 4 aliphatic carbocycles. The first-order chi connectivity index (χ1) is 21.5. The summed E-state index contributed by atoms with van der Waals surface area (Å²) < 4.78 is 0. The molecule has 0 amide bonds. The van der Waals surface area contributed by atoms with Crippen molar-refractivity contribution < 1.29 is 0 Å². The first-order valence-corrected chi connectivity index (χ1v) is 17.3. The number of anilines is 2. The van der Waals surface area contributed by atoms with E-state index in [9.17, 15) is 0 Å². The quantitative estimate of drug-likeness (QED) is 0.216. The van der Waals surface area contributed by atoms with E-state index in [0.29, 0.717) is 0 Å². The number of hydrogen-bond acceptors (Lipinski definition) is 2. The molecule has 2 nitrogen and oxygen atoms in total. The van der Waals surface area contributed by atoms with Crippen LogP contribution in [0.25, 0.3) is 0 Å². The number of hydrogen-bond donors (Lipinski definition) is 2. The highest BCUT2D eigenvalue weighted by Crippen LogP contribution is 2.62. The molecule has 2 N–H and O–H groups in total. The van der Waals surface area contributed by atoms with Gasteiger partial charge in [-0.25, -0.2) is 0 Å². The first kappa shape index (κ1) is 29.2. The lowest BCUT2D eigenvalue weighted by molar-refractivity contribution is 0.352. The lowest BCUT2D eigenvalue weighted by atomic mass is 9.85. The Labute approximate surface area is 265 Å². The molecule has 2 fully saturated rings. The third-order valence-electron chi connectivity index (χ3n) is 11.4. The fourth-order valence-electron chi connectivity index (χ4n) is 9.84. The van der Waals surface area contributed by atoms with Crippen molar-refractivity contribution >= 4 is 11.4 Å². The van der Waals surface area contributed by atoms with Gasteiger partial charge in [0, 0.05) is 24.5 Å². The molecule has 4 aromatic rings. The van der Waals surface area contributed by atoms with Gasteiger partial charge in [-0.1, -0.05) is 113 Å². The van der Waals surface area contributed by atoms with Gasteiger partial charge in [-0.3, -0.25) is 0 Å². The van der Waals surface area contributed by atoms with Crippen LogP contribution in [0.5, 0.6) is 0 Å². The average Bonchev–Trinajstić information content (AvgIpc) is 3.83. The summed E-state index contributed by atoms with van der Waals surface area (Å²) in [6, 6.07) is 35.2. The van der Waals surface area contributed by atoms with E-state index in [0.717, 1.165) is 60.4 Å². The Morgan fingerprint density at radius 2 is 0.864 bits per heavy atom. The fraction of sp³-hybridized carbons (Fsp3) is 0.429. The van der Waals surface area contributed by atoms with E-state index in [1.807, 2.05) is 0 Å². The van der Waals surface area contributed by atoms with Crippen molar-refractivity contribution in [2.24, 2.45) is 23.7 Å². The standard InChI is InChI=1S/2C21H25N/c2*1-14(2)20-17-11-12-18(20)21-16(17)9-6-10-19(21)22-13-15-7-4-3-5-8-15/h2*3-10,14,17-18,20,22H,11-13H2,1-2H3. The van der Waals surface area contributed by atoms with Crippen LogP contribution in [0.4, 0.5) is 11.4 Å². The first-order valence-electron chi connectivity index (χ1n) is 17.3. The van der Waals surface area contributed by atoms with Crippen molar-refractivity contribution in [3.8, 4) is 0 Å². The van der Waals surface area contributed by atoms with Gasteiger partial charge in [0.2, 0.25) is 0 Å². The molecule has 0 aliphatic heterocycles. The second kappa shape index (κ2) is 12.5. The number of fused-ring (bicyclic) bond motifs is 10. The van der Waals surface area contributed by atoms with E-state index in [-0.39, 0.29) is 0 Å². The molecule has 44 heavy (non-hydrogen) atoms. The normalized spacial score (nSPS) is 25.5. The van der Waals surface area contributed by atoms with Crippen LogP contribution in [0, 0.1) is 23.7 Å². The summed E-state index contributed by atoms with van der Waals surface area (Å²) in [4.78, 5) is 0. The summed E-state index contributed by atoms with van der Waals surface area (Å²) in [6.07, 6.45) is 5.54. The lowest BCUT2D eigenvalue weighted by Gasteiger charge is -2.21. The average molecular weight is 583 g/mol. The Morgan fingerprint density at radius 1 is 0.477 bits per heavy atom. The van der Waals surface area contributed by atoms with Crippen molar-refractivity contribution in [1.29, 1.82) is 0 Å². The van der Waals surface area contributed by atoms with Crippen LogP contribution in [-0.4, -0.2) is 0 Å². The highest BCUT2D eigenvalue weighted by molar-refractivity contribution is 5.62. The van der Waals surface area contributed by atoms with Gasteiger partial charge in [-0.15, -0.1) is 0 Å². The summed E-state index contributed by atoms with van der Waals surface area (Å²) in [5.74, 6) is 6.44. The van der Waals surface area contributed by atoms with Crippen LogP contribution in [-0.2, 0) is 13.1 Å². The van der Waals surface area contributed by atoms with Gasteiger partial charge in [0.15, 0.2) is 0 Å². The third-order valence-corrected chi connectivity index (χ3v) is 11.4. The van der Waals surface area contributed by atoms with Crippen molar-refractivity contribution in [3.63, 3.8) is 0 Å². The highest BCUT2D eigenvalue weighted by atomic mass is 14.9. The summed E-state index contributed by atoms with van der Waals surface area (Å²) in [7, 11) is 0. The van der Waals surface area contributed by atoms with Crippen molar-refractivity contribution in [3.05, 3.63) is 130 Å². The molecule has 4 aromatic carbocycles. The second-order valence-corrected chi connectivity index (χ2v) is 14.5. The van der Waals surface area contributed by atoms with E-state index in [4.69, 9.17) is 0 Å². The van der Waals surface area contributed by atoms with Gasteiger partial charge < -0.3 is 10.6 Å². The zero-order valence-corrected chi connectivity index (χ0v) is 27.1. The minimum absolute atomic E-state index is 0.777. The zero-order valence-electron chi connectivity index (χ0n) is 27.1. The molecule has 6 atom stereocenters. The fourth-order valence-corrected chi connectivity index (χ4v) is 9.84. The molecule has 8 rings (SSSR count). The predicted octanol–water partition coefficient (Wildman–Crippen LogP) is 11.1. The topological polar surface area (TPSA) is 24.1 Å². The second-order valence-electron chi connectivity index (χ2n) is 14.5. The largest absolute Gasteiger partial charge is 0.381 e. The van der Waals surface area contributed by atoms with Crippen molar-refractivity contribution in [2.45, 2.75) is 90.1 Å². The van der Waals surface area contributed by atoms with Crippen LogP contribution in [0.15, 0.2) is 97.1 Å². The van der Waals surface area contributed by atoms with Gasteiger partial charge in [-0.2, -0.15) is 0 Å². The van der Waals surface area contributed by atoms with Crippen LogP contribution >= 0.6 is 0 Å². The van der Waals surface area contributed by atoms with E-state index in [1.54, 1.807) is 22.3 Å². The van der Waals surface area contributed by atoms with Gasteiger partial charge >= 0.3 is 0 Å². The molecule has 228 valence electrons. The summed E-state index contributed by atoms with van der Waals surface area (Å²) in [5, 5.41) is 7.41. The lowest BCUT2D eigenvalue weighted by Crippen LogP contribution is -2.11. The van der Waals surface area contributed by atoms with E-state index in [1.165, 1.54) is 48.2 Å². The van der Waals surface area contributed by atoms with Crippen LogP contribution in [0.1, 0.15) is 110 Å². The molecule has 4 aliphatic rings. The van der Waals surface area contributed by atoms with Gasteiger partial charge in [0.25, 0.3) is 0 Å². The van der Waals surface area contributed by atoms with Crippen molar-refractivity contribution in [2.75, 3.05) is 10.6 Å². The Bertz CT molecular complexity index is 1440. The third kappa shape index (κ3) is 5.35. The van der Waals surface area contributed by atoms with E-state index in [2.05, 4.69) is 135 Å². The Kier molecular flexibility index (Phi) is 8.27. The van der Waals surface area contributed by atoms with E-state index >= 15 is 0 Å². The molecule has 0 heterocycles. The van der Waals surface area contributed by atoms with Gasteiger partial charge in [-0.05, 0) is 119 Å². The van der Waals surface area contributed by atoms with E-state index < -0.39 is 0 Å². The van der Waals surface area contributed by atoms with Crippen LogP contribution in [0.2, 0.25) is 0 Å². The maximum absolute atomic E-state index is 3.71. The molecular weight excluding hydrogens is 532 g/mol. The highest BCUT2D eigenvalue weighted by Gasteiger charge is 2.48. The van der Waals surface area contributed by atoms with Crippen LogP contribution in [0.3, 0.4) is 0 Å². The molecule has 0 radical (unpaired) electrons. The maximum atomic E-state index is 3.71. The maximum Gasteiger partial charge on any atom is 0.0400 e. The Hall–Kier alpha value is -3.52. The molecule has 6 unspecified atom stereocenters. The predicted molar refractivity (Wildman–Crippen MR) is 187 cm³/mol. The number of nitrogens with one attached hydrogen (secondary N) is 2. The van der Waals surface area contributed by atoms with Crippen molar-refractivity contribution in [1.82, 2.24) is 0 Å². The van der Waals surface area contributed by atoms with Crippen LogP contribution < -0.4 is 10.6 Å². The minimum atomic E-state index is 0.777. The SMILES string of the molecule is CC(C)C1C2CCC1c1c(NCc3ccccc3)cccc12.CC(C)C1C2CCC1c1c(NCc3ccccc3)cccc12. The molecule has 2 saturated carbocycles. The van der Waals surface area contributed by atoms with Gasteiger partial charge in [0.05, 0.1) is 0 Å². The smallest absolute Gasteiger partial charge is 0.0400 e. The number of rotatable bonds is 8. The Balaban J connectivity index is 0.000000142. The molecule has 0 saturated heterocycles. The monoisotopic (exact) mass is 582 g/mol. The molecule has 0 aromatic heterocycles. The summed E-state index contributed by atoms with van der Waals surface area (Å²) in [6.45, 7) is 11.4. The summed E-state index contributed by atoms with van der Waals surface area (Å²) in [5.41, 5.74) is 12.0. The number of benzene rings is 4. The summed E-state index contributed by atoms with van der Waals surface area (Å²) >= 11 is 0. The zero-order chi connectivity index (χ0) is 30.2.